The molecule has 1 aromatic heterocycles. The number of nitrogens with zero attached hydrogens (tertiary/aromatic N) is 1. The summed E-state index contributed by atoms with van der Waals surface area (Å²) in [4.78, 5) is 27.7. The number of benzene rings is 1. The van der Waals surface area contributed by atoms with Crippen LogP contribution in [0, 0.1) is 0 Å². The van der Waals surface area contributed by atoms with Gasteiger partial charge in [-0.05, 0) is 36.6 Å². The summed E-state index contributed by atoms with van der Waals surface area (Å²) in [5.74, 6) is -0.242. The number of carbonyl (C=O) groups excluding carboxylic acids is 2. The van der Waals surface area contributed by atoms with Gasteiger partial charge in [0.05, 0.1) is 17.0 Å². The van der Waals surface area contributed by atoms with E-state index in [1.165, 1.54) is 12.4 Å². The lowest BCUT2D eigenvalue weighted by atomic mass is 10.1. The van der Waals surface area contributed by atoms with Crippen molar-refractivity contribution in [2.45, 2.75) is 25.3 Å². The number of hydrogen-bond acceptors (Lipinski definition) is 3. The lowest BCUT2D eigenvalue weighted by Gasteiger charge is -2.07. The van der Waals surface area contributed by atoms with Crippen LogP contribution in [0.2, 0.25) is 5.02 Å². The molecule has 3 rings (SSSR count). The van der Waals surface area contributed by atoms with E-state index in [2.05, 4.69) is 15.6 Å². The van der Waals surface area contributed by atoms with Gasteiger partial charge in [-0.2, -0.15) is 0 Å². The third-order valence-corrected chi connectivity index (χ3v) is 3.69. The molecule has 0 aliphatic heterocycles. The zero-order chi connectivity index (χ0) is 16.2. The highest BCUT2D eigenvalue weighted by Gasteiger charge is 2.23. The van der Waals surface area contributed by atoms with Crippen LogP contribution < -0.4 is 10.6 Å². The highest BCUT2D eigenvalue weighted by atomic mass is 35.5. The molecule has 6 heteroatoms. The second kappa shape index (κ2) is 6.79. The van der Waals surface area contributed by atoms with Gasteiger partial charge >= 0.3 is 0 Å². The predicted octanol–water partition coefficient (Wildman–Crippen LogP) is 2.81. The lowest BCUT2D eigenvalue weighted by Crippen LogP contribution is -2.26. The highest BCUT2D eigenvalue weighted by Crippen LogP contribution is 2.19. The topological polar surface area (TPSA) is 71.1 Å². The molecule has 2 amide bonds. The molecule has 0 atom stereocenters. The molecular weight excluding hydrogens is 314 g/mol. The third kappa shape index (κ3) is 4.53. The zero-order valence-corrected chi connectivity index (χ0v) is 13.1. The zero-order valence-electron chi connectivity index (χ0n) is 12.4. The Bertz CT molecular complexity index is 727. The first-order valence-corrected chi connectivity index (χ1v) is 7.78. The van der Waals surface area contributed by atoms with Gasteiger partial charge in [0.1, 0.15) is 0 Å². The predicted molar refractivity (Wildman–Crippen MR) is 88.5 cm³/mol. The average Bonchev–Trinajstić information content (AvgIpc) is 3.33. The molecule has 1 saturated carbocycles. The fraction of sp³-hybridized carbons (Fsp3) is 0.235. The molecule has 0 unspecified atom stereocenters. The summed E-state index contributed by atoms with van der Waals surface area (Å²) >= 11 is 5.82. The fourth-order valence-corrected chi connectivity index (χ4v) is 2.31. The van der Waals surface area contributed by atoms with Crippen LogP contribution in [0.4, 0.5) is 5.69 Å². The summed E-state index contributed by atoms with van der Waals surface area (Å²) in [5, 5.41) is 6.13. The van der Waals surface area contributed by atoms with Crippen LogP contribution in [0.5, 0.6) is 0 Å². The van der Waals surface area contributed by atoms with Crippen LogP contribution >= 0.6 is 11.6 Å². The van der Waals surface area contributed by atoms with Crippen LogP contribution in [-0.2, 0) is 11.2 Å². The number of pyridine rings is 1. The maximum atomic E-state index is 12.1. The van der Waals surface area contributed by atoms with Gasteiger partial charge in [0.15, 0.2) is 0 Å². The summed E-state index contributed by atoms with van der Waals surface area (Å²) in [6.45, 7) is 0. The van der Waals surface area contributed by atoms with Crippen molar-refractivity contribution in [3.8, 4) is 0 Å². The molecule has 1 aliphatic rings. The molecule has 5 nitrogen and oxygen atoms in total. The molecular formula is C17H16ClN3O2. The van der Waals surface area contributed by atoms with Crippen LogP contribution in [-0.4, -0.2) is 22.8 Å². The van der Waals surface area contributed by atoms with Gasteiger partial charge in [-0.3, -0.25) is 14.6 Å². The lowest BCUT2D eigenvalue weighted by molar-refractivity contribution is -0.120. The Kier molecular flexibility index (Phi) is 4.57. The summed E-state index contributed by atoms with van der Waals surface area (Å²) in [7, 11) is 0. The Morgan fingerprint density at radius 2 is 1.91 bits per heavy atom. The summed E-state index contributed by atoms with van der Waals surface area (Å²) < 4.78 is 0. The van der Waals surface area contributed by atoms with Gasteiger partial charge in [-0.1, -0.05) is 23.7 Å². The number of carbonyl (C=O) groups is 2. The monoisotopic (exact) mass is 329 g/mol. The van der Waals surface area contributed by atoms with Crippen molar-refractivity contribution >= 4 is 29.1 Å². The van der Waals surface area contributed by atoms with Crippen LogP contribution in [0.15, 0.2) is 42.7 Å². The number of anilines is 1. The van der Waals surface area contributed by atoms with E-state index in [4.69, 9.17) is 11.6 Å². The number of aromatic nitrogens is 1. The number of halogens is 1. The SMILES string of the molecule is O=C(Cc1ccc(NC(=O)c2cncc(Cl)c2)cc1)NC1CC1. The Hall–Kier alpha value is -2.40. The van der Waals surface area contributed by atoms with Crippen molar-refractivity contribution in [1.82, 2.24) is 10.3 Å². The minimum Gasteiger partial charge on any atom is -0.353 e. The normalized spacial score (nSPS) is 13.4. The fourth-order valence-electron chi connectivity index (χ4n) is 2.14. The molecule has 23 heavy (non-hydrogen) atoms. The third-order valence-electron chi connectivity index (χ3n) is 3.49. The number of amides is 2. The largest absolute Gasteiger partial charge is 0.353 e. The van der Waals surface area contributed by atoms with Crippen LogP contribution in [0.25, 0.3) is 0 Å². The number of rotatable bonds is 5. The Morgan fingerprint density at radius 1 is 1.17 bits per heavy atom. The minimum atomic E-state index is -0.278. The molecule has 1 fully saturated rings. The number of hydrogen-bond donors (Lipinski definition) is 2. The second-order valence-corrected chi connectivity index (χ2v) is 6.00. The van der Waals surface area contributed by atoms with Gasteiger partial charge in [0.25, 0.3) is 5.91 Å². The molecule has 1 heterocycles. The van der Waals surface area contributed by atoms with E-state index in [1.54, 1.807) is 18.2 Å². The molecule has 0 saturated heterocycles. The first-order chi connectivity index (χ1) is 11.1. The molecule has 1 aromatic carbocycles. The van der Waals surface area contributed by atoms with Crippen molar-refractivity contribution in [3.05, 3.63) is 58.9 Å². The van der Waals surface area contributed by atoms with Crippen LogP contribution in [0.3, 0.4) is 0 Å². The molecule has 2 aromatic rings. The van der Waals surface area contributed by atoms with Gasteiger partial charge in [-0.25, -0.2) is 0 Å². The molecule has 0 bridgehead atoms. The Labute approximate surface area is 139 Å². The maximum absolute atomic E-state index is 12.1. The quantitative estimate of drug-likeness (QED) is 0.886. The summed E-state index contributed by atoms with van der Waals surface area (Å²) in [5.41, 5.74) is 1.96. The van der Waals surface area contributed by atoms with E-state index in [-0.39, 0.29) is 11.8 Å². The van der Waals surface area contributed by atoms with Gasteiger partial charge < -0.3 is 10.6 Å². The minimum absolute atomic E-state index is 0.0364. The highest BCUT2D eigenvalue weighted by molar-refractivity contribution is 6.30. The second-order valence-electron chi connectivity index (χ2n) is 5.56. The van der Waals surface area contributed by atoms with Crippen molar-refractivity contribution in [3.63, 3.8) is 0 Å². The van der Waals surface area contributed by atoms with Crippen molar-refractivity contribution in [1.29, 1.82) is 0 Å². The van der Waals surface area contributed by atoms with Gasteiger partial charge in [0.2, 0.25) is 5.91 Å². The molecule has 2 N–H and O–H groups in total. The summed E-state index contributed by atoms with van der Waals surface area (Å²) in [6.07, 6.45) is 5.44. The van der Waals surface area contributed by atoms with Gasteiger partial charge in [-0.15, -0.1) is 0 Å². The Morgan fingerprint density at radius 3 is 2.57 bits per heavy atom. The van der Waals surface area contributed by atoms with E-state index in [9.17, 15) is 9.59 Å². The van der Waals surface area contributed by atoms with E-state index >= 15 is 0 Å². The van der Waals surface area contributed by atoms with Crippen LogP contribution in [0.1, 0.15) is 28.8 Å². The first-order valence-electron chi connectivity index (χ1n) is 7.40. The van der Waals surface area contributed by atoms with Crippen molar-refractivity contribution in [2.75, 3.05) is 5.32 Å². The van der Waals surface area contributed by atoms with E-state index in [1.807, 2.05) is 12.1 Å². The summed E-state index contributed by atoms with van der Waals surface area (Å²) in [6, 6.07) is 9.13. The van der Waals surface area contributed by atoms with Gasteiger partial charge in [0, 0.05) is 24.1 Å². The molecule has 118 valence electrons. The number of nitrogens with one attached hydrogen (secondary N) is 2. The smallest absolute Gasteiger partial charge is 0.257 e. The van der Waals surface area contributed by atoms with Crippen molar-refractivity contribution in [2.24, 2.45) is 0 Å². The van der Waals surface area contributed by atoms with E-state index in [0.29, 0.717) is 28.7 Å². The maximum Gasteiger partial charge on any atom is 0.257 e. The van der Waals surface area contributed by atoms with E-state index in [0.717, 1.165) is 18.4 Å². The Balaban J connectivity index is 1.58. The average molecular weight is 330 g/mol. The first kappa shape index (κ1) is 15.5. The molecule has 0 spiro atoms. The standard InChI is InChI=1S/C17H16ClN3O2/c18-13-8-12(9-19-10-13)17(23)21-15-3-1-11(2-4-15)7-16(22)20-14-5-6-14/h1-4,8-10,14H,5-7H2,(H,20,22)(H,21,23). The molecule has 1 aliphatic carbocycles. The molecule has 0 radical (unpaired) electrons. The van der Waals surface area contributed by atoms with Crippen molar-refractivity contribution < 1.29 is 9.59 Å². The van der Waals surface area contributed by atoms with E-state index < -0.39 is 0 Å².